The second-order valence-corrected chi connectivity index (χ2v) is 9.59. The Labute approximate surface area is 180 Å². The van der Waals surface area contributed by atoms with Gasteiger partial charge in [0, 0.05) is 6.54 Å². The summed E-state index contributed by atoms with van der Waals surface area (Å²) in [6.45, 7) is 10.1. The Morgan fingerprint density at radius 1 is 1.07 bits per heavy atom. The van der Waals surface area contributed by atoms with Crippen LogP contribution in [0.4, 0.5) is 4.79 Å². The van der Waals surface area contributed by atoms with E-state index in [1.165, 1.54) is 0 Å². The molecule has 0 aromatic heterocycles. The summed E-state index contributed by atoms with van der Waals surface area (Å²) in [5, 5.41) is 7.92. The minimum Gasteiger partial charge on any atom is -0.449 e. The van der Waals surface area contributed by atoms with Gasteiger partial charge in [-0.3, -0.25) is 14.4 Å². The molecule has 1 heterocycles. The van der Waals surface area contributed by atoms with E-state index in [4.69, 9.17) is 4.74 Å². The fourth-order valence-corrected chi connectivity index (χ4v) is 3.14. The Hall–Kier alpha value is -2.12. The third kappa shape index (κ3) is 10.1. The highest BCUT2D eigenvalue weighted by atomic mass is 16.5. The highest BCUT2D eigenvalue weighted by Crippen LogP contribution is 2.14. The van der Waals surface area contributed by atoms with Crippen LogP contribution in [0, 0.1) is 11.3 Å². The fraction of sp³-hybridized carbons (Fsp3) is 0.818. The van der Waals surface area contributed by atoms with Crippen molar-refractivity contribution < 1.29 is 23.9 Å². The molecule has 3 amide bonds. The Morgan fingerprint density at radius 3 is 2.27 bits per heavy atom. The van der Waals surface area contributed by atoms with E-state index in [1.807, 2.05) is 20.8 Å². The van der Waals surface area contributed by atoms with Crippen molar-refractivity contribution in [1.29, 1.82) is 0 Å². The highest BCUT2D eigenvalue weighted by Gasteiger charge is 2.31. The second-order valence-electron chi connectivity index (χ2n) is 9.59. The molecule has 1 aliphatic heterocycles. The summed E-state index contributed by atoms with van der Waals surface area (Å²) in [6, 6.07) is -1.76. The molecule has 1 aliphatic rings. The van der Waals surface area contributed by atoms with Crippen molar-refractivity contribution in [2.75, 3.05) is 13.2 Å². The van der Waals surface area contributed by atoms with E-state index in [1.54, 1.807) is 13.8 Å². The van der Waals surface area contributed by atoms with Crippen LogP contribution in [-0.2, 0) is 19.1 Å². The van der Waals surface area contributed by atoms with Crippen LogP contribution >= 0.6 is 0 Å². The van der Waals surface area contributed by atoms with E-state index in [9.17, 15) is 19.2 Å². The highest BCUT2D eigenvalue weighted by molar-refractivity contribution is 6.38. The summed E-state index contributed by atoms with van der Waals surface area (Å²) >= 11 is 0. The normalized spacial score (nSPS) is 20.4. The van der Waals surface area contributed by atoms with Crippen LogP contribution in [0.25, 0.3) is 0 Å². The van der Waals surface area contributed by atoms with Crippen molar-refractivity contribution in [3.63, 3.8) is 0 Å². The van der Waals surface area contributed by atoms with E-state index < -0.39 is 35.8 Å². The van der Waals surface area contributed by atoms with Crippen molar-refractivity contribution in [2.24, 2.45) is 11.3 Å². The van der Waals surface area contributed by atoms with Crippen molar-refractivity contribution in [1.82, 2.24) is 16.0 Å². The van der Waals surface area contributed by atoms with Crippen LogP contribution in [0.15, 0.2) is 0 Å². The van der Waals surface area contributed by atoms with Gasteiger partial charge in [0.25, 0.3) is 5.91 Å². The van der Waals surface area contributed by atoms with E-state index in [0.29, 0.717) is 13.0 Å². The predicted molar refractivity (Wildman–Crippen MR) is 115 cm³/mol. The molecule has 172 valence electrons. The van der Waals surface area contributed by atoms with Crippen molar-refractivity contribution in [3.05, 3.63) is 0 Å². The van der Waals surface area contributed by atoms with Crippen molar-refractivity contribution >= 4 is 23.7 Å². The summed E-state index contributed by atoms with van der Waals surface area (Å²) in [7, 11) is 0. The minimum absolute atomic E-state index is 0.194. The average molecular weight is 426 g/mol. The molecule has 0 aliphatic carbocycles. The molecule has 0 aromatic rings. The van der Waals surface area contributed by atoms with E-state index in [2.05, 4.69) is 16.0 Å². The number of hydrogen-bond donors (Lipinski definition) is 3. The maximum absolute atomic E-state index is 12.9. The van der Waals surface area contributed by atoms with Gasteiger partial charge in [0.15, 0.2) is 0 Å². The molecule has 0 saturated carbocycles. The number of amides is 3. The molecular weight excluding hydrogens is 386 g/mol. The number of rotatable bonds is 5. The second kappa shape index (κ2) is 12.5. The number of ether oxygens (including phenoxy) is 1. The number of nitrogens with one attached hydrogen (secondary N) is 3. The lowest BCUT2D eigenvalue weighted by atomic mass is 9.98. The van der Waals surface area contributed by atoms with Crippen LogP contribution in [0.5, 0.6) is 0 Å². The third-order valence-electron chi connectivity index (χ3n) is 4.92. The number of ketones is 1. The summed E-state index contributed by atoms with van der Waals surface area (Å²) in [5.41, 5.74) is -0.194. The Bertz CT molecular complexity index is 598. The molecule has 2 unspecified atom stereocenters. The lowest BCUT2D eigenvalue weighted by Gasteiger charge is -2.25. The van der Waals surface area contributed by atoms with Gasteiger partial charge < -0.3 is 20.7 Å². The lowest BCUT2D eigenvalue weighted by molar-refractivity contribution is -0.140. The van der Waals surface area contributed by atoms with Crippen LogP contribution in [0.3, 0.4) is 0 Å². The number of Topliss-reactive ketones (excluding diaryl/α,β-unsaturated/α-hetero) is 1. The number of alkyl carbamates (subject to hydrolysis) is 1. The molecule has 0 spiro atoms. The number of carbonyl (C=O) groups is 4. The van der Waals surface area contributed by atoms with Crippen LogP contribution in [-0.4, -0.2) is 48.9 Å². The Morgan fingerprint density at radius 2 is 1.67 bits per heavy atom. The van der Waals surface area contributed by atoms with Gasteiger partial charge in [-0.1, -0.05) is 66.7 Å². The van der Waals surface area contributed by atoms with E-state index in [0.717, 1.165) is 38.5 Å². The molecule has 0 aromatic carbocycles. The molecule has 8 heteroatoms. The quantitative estimate of drug-likeness (QED) is 0.586. The minimum atomic E-state index is -0.898. The van der Waals surface area contributed by atoms with E-state index in [-0.39, 0.29) is 17.9 Å². The Balaban J connectivity index is 2.78. The van der Waals surface area contributed by atoms with Gasteiger partial charge in [0.2, 0.25) is 11.7 Å². The first-order valence-electron chi connectivity index (χ1n) is 11.1. The molecule has 0 radical (unpaired) electrons. The maximum atomic E-state index is 12.9. The fourth-order valence-electron chi connectivity index (χ4n) is 3.14. The standard InChI is InChI=1S/C22H39N3O5/c1-15(2)17(25-21(29)30-14-22(3,4)5)19(27)24-16-12-10-8-6-7-9-11-13-23-20(28)18(16)26/h15-17H,6-14H2,1-5H3,(H,23,28)(H,24,27)(H,25,29). The zero-order valence-corrected chi connectivity index (χ0v) is 19.1. The molecule has 1 rings (SSSR count). The molecule has 1 fully saturated rings. The van der Waals surface area contributed by atoms with Gasteiger partial charge in [-0.15, -0.1) is 0 Å². The molecule has 8 nitrogen and oxygen atoms in total. The van der Waals surface area contributed by atoms with Crippen LogP contribution in [0.1, 0.15) is 79.6 Å². The zero-order chi connectivity index (χ0) is 22.7. The molecular formula is C22H39N3O5. The van der Waals surface area contributed by atoms with Crippen LogP contribution < -0.4 is 16.0 Å². The summed E-state index contributed by atoms with van der Waals surface area (Å²) in [4.78, 5) is 49.7. The molecule has 30 heavy (non-hydrogen) atoms. The molecule has 2 atom stereocenters. The zero-order valence-electron chi connectivity index (χ0n) is 19.1. The Kier molecular flexibility index (Phi) is 10.8. The topological polar surface area (TPSA) is 114 Å². The molecule has 3 N–H and O–H groups in total. The van der Waals surface area contributed by atoms with Gasteiger partial charge in [0.1, 0.15) is 6.04 Å². The monoisotopic (exact) mass is 425 g/mol. The van der Waals surface area contributed by atoms with Crippen molar-refractivity contribution in [3.8, 4) is 0 Å². The first kappa shape index (κ1) is 25.9. The predicted octanol–water partition coefficient (Wildman–Crippen LogP) is 2.70. The van der Waals surface area contributed by atoms with Gasteiger partial charge in [-0.2, -0.15) is 0 Å². The average Bonchev–Trinajstić information content (AvgIpc) is 2.65. The van der Waals surface area contributed by atoms with Crippen molar-refractivity contribution in [2.45, 2.75) is 91.6 Å². The smallest absolute Gasteiger partial charge is 0.407 e. The summed E-state index contributed by atoms with van der Waals surface area (Å²) < 4.78 is 5.20. The number of hydrogen-bond acceptors (Lipinski definition) is 5. The van der Waals surface area contributed by atoms with Gasteiger partial charge in [0.05, 0.1) is 12.6 Å². The van der Waals surface area contributed by atoms with E-state index >= 15 is 0 Å². The van der Waals surface area contributed by atoms with Gasteiger partial charge in [-0.05, 0) is 24.2 Å². The summed E-state index contributed by atoms with van der Waals surface area (Å²) in [6.07, 6.45) is 5.45. The maximum Gasteiger partial charge on any atom is 0.407 e. The SMILES string of the molecule is CC(C)C(NC(=O)OCC(C)(C)C)C(=O)NC1CCCCCCCCNC(=O)C1=O. The lowest BCUT2D eigenvalue weighted by Crippen LogP contribution is -2.55. The van der Waals surface area contributed by atoms with Crippen LogP contribution in [0.2, 0.25) is 0 Å². The third-order valence-corrected chi connectivity index (χ3v) is 4.92. The first-order chi connectivity index (χ1) is 14.0. The molecule has 1 saturated heterocycles. The summed E-state index contributed by atoms with van der Waals surface area (Å²) in [5.74, 6) is -2.01. The van der Waals surface area contributed by atoms with Gasteiger partial charge >= 0.3 is 6.09 Å². The first-order valence-corrected chi connectivity index (χ1v) is 11.1. The molecule has 0 bridgehead atoms. The van der Waals surface area contributed by atoms with Gasteiger partial charge in [-0.25, -0.2) is 4.79 Å². The number of carbonyl (C=O) groups excluding carboxylic acids is 4. The largest absolute Gasteiger partial charge is 0.449 e.